The molecule has 0 fully saturated rings. The average molecular weight is 793 g/mol. The Morgan fingerprint density at radius 2 is 0.903 bits per heavy atom. The summed E-state index contributed by atoms with van der Waals surface area (Å²) in [6.07, 6.45) is 0.688. The molecule has 294 valence electrons. The zero-order valence-electron chi connectivity index (χ0n) is 35.2. The Kier molecular flexibility index (Phi) is 8.11. The van der Waals surface area contributed by atoms with Crippen molar-refractivity contribution < 1.29 is 0 Å². The zero-order chi connectivity index (χ0) is 41.6. The van der Waals surface area contributed by atoms with E-state index in [1.165, 1.54) is 76.5 Å². The van der Waals surface area contributed by atoms with E-state index in [1.807, 2.05) is 0 Å². The molecule has 0 aromatic heterocycles. The van der Waals surface area contributed by atoms with Crippen LogP contribution in [0.2, 0.25) is 0 Å². The second kappa shape index (κ2) is 13.8. The molecule has 0 saturated heterocycles. The number of fused-ring (bicyclic) bond motifs is 9. The van der Waals surface area contributed by atoms with E-state index in [0.29, 0.717) is 6.42 Å². The molecule has 2 nitrogen and oxygen atoms in total. The zero-order valence-corrected chi connectivity index (χ0v) is 35.2. The first-order chi connectivity index (χ1) is 30.3. The maximum absolute atomic E-state index is 5.76. The molecule has 10 aromatic rings. The first-order valence-corrected chi connectivity index (χ1v) is 21.8. The predicted octanol–water partition coefficient (Wildman–Crippen LogP) is 15.5. The summed E-state index contributed by atoms with van der Waals surface area (Å²) in [5, 5.41) is 9.96. The Bertz CT molecular complexity index is 3530. The van der Waals surface area contributed by atoms with Crippen molar-refractivity contribution >= 4 is 54.6 Å². The third-order valence-electron chi connectivity index (χ3n) is 13.8. The molecule has 0 bridgehead atoms. The molecule has 0 radical (unpaired) electrons. The summed E-state index contributed by atoms with van der Waals surface area (Å²) in [6.45, 7) is 7.01. The van der Waals surface area contributed by atoms with Gasteiger partial charge in [-0.3, -0.25) is 4.99 Å². The van der Waals surface area contributed by atoms with Gasteiger partial charge in [-0.1, -0.05) is 190 Å². The lowest BCUT2D eigenvalue weighted by molar-refractivity contribution is 0.513. The standard InChI is InChI=1S/C60H44N2/c1-59(2)55-20-12-11-19-49(55)50-32-30-46(36-56(50)59)60(3)37-57(42-15-5-4-6-16-42)61-58(62-60)51-31-29-44(43-27-25-40-23-21-38-13-7-9-17-47(38)52(40)33-43)34-54(51)45-28-26-41-24-22-39-14-8-10-18-48(39)53(41)35-45/h4-36H,37H2,1-3H3. The van der Waals surface area contributed by atoms with Crippen LogP contribution in [-0.4, -0.2) is 11.5 Å². The average Bonchev–Trinajstić information content (AvgIpc) is 3.56. The molecular weight excluding hydrogens is 749 g/mol. The second-order valence-electron chi connectivity index (χ2n) is 17.9. The molecule has 1 heterocycles. The number of aliphatic imine (C=N–C) groups is 2. The van der Waals surface area contributed by atoms with Gasteiger partial charge in [0.25, 0.3) is 0 Å². The van der Waals surface area contributed by atoms with Crippen LogP contribution in [0, 0.1) is 0 Å². The quantitative estimate of drug-likeness (QED) is 0.155. The maximum atomic E-state index is 5.76. The molecule has 62 heavy (non-hydrogen) atoms. The fourth-order valence-electron chi connectivity index (χ4n) is 10.4. The van der Waals surface area contributed by atoms with Gasteiger partial charge in [0, 0.05) is 17.4 Å². The van der Waals surface area contributed by atoms with Crippen molar-refractivity contribution in [1.29, 1.82) is 0 Å². The number of benzene rings is 10. The molecule has 0 amide bonds. The first kappa shape index (κ1) is 36.4. The third kappa shape index (κ3) is 5.78. The lowest BCUT2D eigenvalue weighted by atomic mass is 9.78. The van der Waals surface area contributed by atoms with Gasteiger partial charge in [0.15, 0.2) is 5.84 Å². The third-order valence-corrected chi connectivity index (χ3v) is 13.8. The lowest BCUT2D eigenvalue weighted by Crippen LogP contribution is -2.31. The van der Waals surface area contributed by atoms with E-state index in [0.717, 1.165) is 39.4 Å². The summed E-state index contributed by atoms with van der Waals surface area (Å²) in [5.74, 6) is 0.754. The summed E-state index contributed by atoms with van der Waals surface area (Å²) in [7, 11) is 0. The molecule has 1 atom stereocenters. The van der Waals surface area contributed by atoms with Crippen molar-refractivity contribution in [2.24, 2.45) is 9.98 Å². The van der Waals surface area contributed by atoms with Crippen LogP contribution < -0.4 is 0 Å². The van der Waals surface area contributed by atoms with Crippen LogP contribution in [0.4, 0.5) is 0 Å². The Morgan fingerprint density at radius 3 is 1.63 bits per heavy atom. The summed E-state index contributed by atoms with van der Waals surface area (Å²) in [4.78, 5) is 11.3. The SMILES string of the molecule is CC1(c2ccc3c(c2)C(C)(C)c2ccccc2-3)CC(c2ccccc2)=NC(c2ccc(-c3ccc4ccc5ccccc5c4c3)cc2-c2ccc3ccc4ccccc4c3c2)=N1. The van der Waals surface area contributed by atoms with Crippen molar-refractivity contribution in [3.05, 3.63) is 228 Å². The van der Waals surface area contributed by atoms with Gasteiger partial charge < -0.3 is 0 Å². The minimum absolute atomic E-state index is 0.117. The van der Waals surface area contributed by atoms with Crippen molar-refractivity contribution in [2.45, 2.75) is 38.1 Å². The second-order valence-corrected chi connectivity index (χ2v) is 17.9. The van der Waals surface area contributed by atoms with E-state index >= 15 is 0 Å². The highest BCUT2D eigenvalue weighted by molar-refractivity contribution is 6.17. The Balaban J connectivity index is 1.08. The number of amidine groups is 1. The number of hydrogen-bond acceptors (Lipinski definition) is 2. The normalized spacial score (nSPS) is 16.6. The molecule has 2 heteroatoms. The summed E-state index contributed by atoms with van der Waals surface area (Å²) < 4.78 is 0. The van der Waals surface area contributed by atoms with E-state index in [1.54, 1.807) is 0 Å². The Hall–Kier alpha value is -7.42. The van der Waals surface area contributed by atoms with Crippen LogP contribution in [0.5, 0.6) is 0 Å². The van der Waals surface area contributed by atoms with Crippen molar-refractivity contribution in [1.82, 2.24) is 0 Å². The van der Waals surface area contributed by atoms with Gasteiger partial charge in [0.1, 0.15) is 0 Å². The number of rotatable bonds is 5. The smallest absolute Gasteiger partial charge is 0.156 e. The van der Waals surface area contributed by atoms with Crippen LogP contribution in [0.25, 0.3) is 76.5 Å². The van der Waals surface area contributed by atoms with E-state index in [-0.39, 0.29) is 5.41 Å². The van der Waals surface area contributed by atoms with Crippen molar-refractivity contribution in [3.63, 3.8) is 0 Å². The molecule has 0 spiro atoms. The van der Waals surface area contributed by atoms with Gasteiger partial charge in [0.05, 0.1) is 11.3 Å². The summed E-state index contributed by atoms with van der Waals surface area (Å²) in [6, 6.07) is 73.6. The van der Waals surface area contributed by atoms with Crippen LogP contribution in [0.15, 0.2) is 210 Å². The molecule has 1 aliphatic heterocycles. The maximum Gasteiger partial charge on any atom is 0.156 e. The van der Waals surface area contributed by atoms with Crippen molar-refractivity contribution in [2.75, 3.05) is 0 Å². The topological polar surface area (TPSA) is 24.7 Å². The minimum Gasteiger partial charge on any atom is -0.254 e. The molecule has 1 aliphatic carbocycles. The van der Waals surface area contributed by atoms with E-state index in [2.05, 4.69) is 221 Å². The highest BCUT2D eigenvalue weighted by Crippen LogP contribution is 2.50. The predicted molar refractivity (Wildman–Crippen MR) is 263 cm³/mol. The molecular formula is C60H44N2. The van der Waals surface area contributed by atoms with Gasteiger partial charge in [-0.05, 0) is 130 Å². The number of nitrogens with zero attached hydrogens (tertiary/aromatic N) is 2. The van der Waals surface area contributed by atoms with Gasteiger partial charge >= 0.3 is 0 Å². The molecule has 12 rings (SSSR count). The fraction of sp³-hybridized carbons (Fsp3) is 0.100. The first-order valence-electron chi connectivity index (χ1n) is 21.8. The van der Waals surface area contributed by atoms with Gasteiger partial charge in [-0.25, -0.2) is 4.99 Å². The van der Waals surface area contributed by atoms with Gasteiger partial charge in [-0.15, -0.1) is 0 Å². The fourth-order valence-corrected chi connectivity index (χ4v) is 10.4. The van der Waals surface area contributed by atoms with Crippen LogP contribution in [0.3, 0.4) is 0 Å². The highest BCUT2D eigenvalue weighted by atomic mass is 15.0. The van der Waals surface area contributed by atoms with Crippen LogP contribution >= 0.6 is 0 Å². The van der Waals surface area contributed by atoms with Crippen LogP contribution in [0.1, 0.15) is 55.0 Å². The molecule has 1 unspecified atom stereocenters. The van der Waals surface area contributed by atoms with Gasteiger partial charge in [0.2, 0.25) is 0 Å². The Labute approximate surface area is 362 Å². The van der Waals surface area contributed by atoms with E-state index in [9.17, 15) is 0 Å². The lowest BCUT2D eigenvalue weighted by Gasteiger charge is -2.33. The summed E-state index contributed by atoms with van der Waals surface area (Å²) in [5.41, 5.74) is 13.7. The van der Waals surface area contributed by atoms with Gasteiger partial charge in [-0.2, -0.15) is 0 Å². The molecule has 0 saturated carbocycles. The van der Waals surface area contributed by atoms with E-state index < -0.39 is 5.54 Å². The molecule has 2 aliphatic rings. The van der Waals surface area contributed by atoms with Crippen molar-refractivity contribution in [3.8, 4) is 33.4 Å². The number of hydrogen-bond donors (Lipinski definition) is 0. The minimum atomic E-state index is -0.572. The molecule has 0 N–H and O–H groups in total. The largest absolute Gasteiger partial charge is 0.254 e. The van der Waals surface area contributed by atoms with E-state index in [4.69, 9.17) is 9.98 Å². The Morgan fingerprint density at radius 1 is 0.371 bits per heavy atom. The summed E-state index contributed by atoms with van der Waals surface area (Å²) >= 11 is 0. The highest BCUT2D eigenvalue weighted by Gasteiger charge is 2.39. The van der Waals surface area contributed by atoms with Crippen LogP contribution in [-0.2, 0) is 11.0 Å². The monoisotopic (exact) mass is 792 g/mol. The molecule has 10 aromatic carbocycles.